The first kappa shape index (κ1) is 20.6. The molecule has 9 nitrogen and oxygen atoms in total. The fourth-order valence-electron chi connectivity index (χ4n) is 3.58. The van der Waals surface area contributed by atoms with Gasteiger partial charge in [0.05, 0.1) is 25.9 Å². The maximum absolute atomic E-state index is 13.1. The molecule has 0 spiro atoms. The van der Waals surface area contributed by atoms with Gasteiger partial charge in [0.15, 0.2) is 0 Å². The monoisotopic (exact) mass is 440 g/mol. The summed E-state index contributed by atoms with van der Waals surface area (Å²) in [5.41, 5.74) is 0.721. The minimum absolute atomic E-state index is 0.139. The van der Waals surface area contributed by atoms with Crippen LogP contribution in [0.2, 0.25) is 0 Å². The van der Waals surface area contributed by atoms with Crippen molar-refractivity contribution in [3.63, 3.8) is 0 Å². The Morgan fingerprint density at radius 2 is 1.93 bits per heavy atom. The zero-order valence-corrected chi connectivity index (χ0v) is 18.0. The summed E-state index contributed by atoms with van der Waals surface area (Å²) in [5.74, 6) is -0.139. The second-order valence-corrected chi connectivity index (χ2v) is 10.1. The van der Waals surface area contributed by atoms with Crippen molar-refractivity contribution in [2.75, 3.05) is 60.1 Å². The molecular formula is C18H24N4O5S2. The second-order valence-electron chi connectivity index (χ2n) is 7.14. The van der Waals surface area contributed by atoms with Gasteiger partial charge in [-0.05, 0) is 6.07 Å². The van der Waals surface area contributed by atoms with Crippen molar-refractivity contribution in [1.82, 2.24) is 18.5 Å². The number of carbonyl (C=O) groups is 1. The van der Waals surface area contributed by atoms with Gasteiger partial charge in [0, 0.05) is 57.4 Å². The number of morpholine rings is 2. The highest BCUT2D eigenvalue weighted by atomic mass is 32.2. The Morgan fingerprint density at radius 3 is 2.66 bits per heavy atom. The van der Waals surface area contributed by atoms with Gasteiger partial charge in [0.1, 0.15) is 9.71 Å². The van der Waals surface area contributed by atoms with E-state index in [1.807, 2.05) is 12.1 Å². The van der Waals surface area contributed by atoms with Crippen LogP contribution in [0.3, 0.4) is 0 Å². The normalized spacial score (nSPS) is 22.1. The van der Waals surface area contributed by atoms with E-state index in [-0.39, 0.29) is 25.6 Å². The Bertz CT molecular complexity index is 1000. The van der Waals surface area contributed by atoms with Crippen molar-refractivity contribution in [1.29, 1.82) is 0 Å². The number of hydrogen-bond acceptors (Lipinski definition) is 7. The molecule has 1 atom stereocenters. The summed E-state index contributed by atoms with van der Waals surface area (Å²) < 4.78 is 40.4. The van der Waals surface area contributed by atoms with Crippen LogP contribution in [0.15, 0.2) is 18.3 Å². The standard InChI is InChI=1S/C18H24N4O5S2/c1-20(2)18(23)16-15(13-4-3-5-19-17(13)28-16)14-12-22(8-11-27-14)29(24,25)21-6-9-26-10-7-21/h3-5,14H,6-12H2,1-2H3/t14-/m1/s1. The van der Waals surface area contributed by atoms with Crippen LogP contribution < -0.4 is 0 Å². The van der Waals surface area contributed by atoms with Crippen LogP contribution in [0, 0.1) is 0 Å². The highest BCUT2D eigenvalue weighted by Crippen LogP contribution is 2.38. The molecular weight excluding hydrogens is 416 g/mol. The van der Waals surface area contributed by atoms with Gasteiger partial charge in [-0.15, -0.1) is 11.3 Å². The summed E-state index contributed by atoms with van der Waals surface area (Å²) in [7, 11) is -0.222. The lowest BCUT2D eigenvalue weighted by Gasteiger charge is -2.37. The SMILES string of the molecule is CN(C)C(=O)c1sc2ncccc2c1[C@H]1CN(S(=O)(=O)N2CCOCC2)CCO1. The number of fused-ring (bicyclic) bond motifs is 1. The van der Waals surface area contributed by atoms with Crippen LogP contribution in [-0.2, 0) is 19.7 Å². The number of pyridine rings is 1. The Hall–Kier alpha value is -1.63. The number of thiophene rings is 1. The van der Waals surface area contributed by atoms with Crippen molar-refractivity contribution < 1.29 is 22.7 Å². The molecule has 1 amide bonds. The summed E-state index contributed by atoms with van der Waals surface area (Å²) >= 11 is 1.31. The second kappa shape index (κ2) is 8.25. The smallest absolute Gasteiger partial charge is 0.282 e. The lowest BCUT2D eigenvalue weighted by molar-refractivity contribution is -0.00568. The van der Waals surface area contributed by atoms with Gasteiger partial charge >= 0.3 is 0 Å². The van der Waals surface area contributed by atoms with E-state index < -0.39 is 16.3 Å². The highest BCUT2D eigenvalue weighted by molar-refractivity contribution is 7.86. The predicted octanol–water partition coefficient (Wildman–Crippen LogP) is 0.948. The number of nitrogens with zero attached hydrogens (tertiary/aromatic N) is 4. The molecule has 4 heterocycles. The maximum atomic E-state index is 13.1. The third-order valence-electron chi connectivity index (χ3n) is 5.08. The predicted molar refractivity (Wildman–Crippen MR) is 109 cm³/mol. The largest absolute Gasteiger partial charge is 0.379 e. The third kappa shape index (κ3) is 3.90. The first-order valence-electron chi connectivity index (χ1n) is 9.43. The van der Waals surface area contributed by atoms with Gasteiger partial charge in [-0.2, -0.15) is 17.0 Å². The first-order chi connectivity index (χ1) is 13.9. The number of hydrogen-bond donors (Lipinski definition) is 0. The van der Waals surface area contributed by atoms with Gasteiger partial charge in [0.2, 0.25) is 0 Å². The summed E-state index contributed by atoms with van der Waals surface area (Å²) in [5, 5.41) is 0.832. The fraction of sp³-hybridized carbons (Fsp3) is 0.556. The van der Waals surface area contributed by atoms with E-state index in [2.05, 4.69) is 4.98 Å². The van der Waals surface area contributed by atoms with E-state index >= 15 is 0 Å². The molecule has 2 saturated heterocycles. The van der Waals surface area contributed by atoms with Crippen molar-refractivity contribution in [2.45, 2.75) is 6.10 Å². The van der Waals surface area contributed by atoms with Gasteiger partial charge < -0.3 is 14.4 Å². The molecule has 158 valence electrons. The molecule has 0 unspecified atom stereocenters. The van der Waals surface area contributed by atoms with E-state index in [1.54, 1.807) is 20.3 Å². The summed E-state index contributed by atoms with van der Waals surface area (Å²) in [6, 6.07) is 3.72. The van der Waals surface area contributed by atoms with Crippen LogP contribution in [0.5, 0.6) is 0 Å². The van der Waals surface area contributed by atoms with Crippen LogP contribution in [0.25, 0.3) is 10.2 Å². The van der Waals surface area contributed by atoms with Gasteiger partial charge in [-0.25, -0.2) is 4.98 Å². The average molecular weight is 441 g/mol. The number of ether oxygens (including phenoxy) is 2. The Labute approximate surface area is 174 Å². The minimum atomic E-state index is -3.61. The lowest BCUT2D eigenvalue weighted by Crippen LogP contribution is -2.52. The van der Waals surface area contributed by atoms with E-state index in [9.17, 15) is 13.2 Å². The highest BCUT2D eigenvalue weighted by Gasteiger charge is 2.37. The molecule has 2 aliphatic rings. The minimum Gasteiger partial charge on any atom is -0.379 e. The summed E-state index contributed by atoms with van der Waals surface area (Å²) in [6.45, 7) is 2.20. The quantitative estimate of drug-likeness (QED) is 0.703. The van der Waals surface area contributed by atoms with Crippen LogP contribution >= 0.6 is 11.3 Å². The molecule has 0 radical (unpaired) electrons. The first-order valence-corrected chi connectivity index (χ1v) is 11.6. The Balaban J connectivity index is 1.69. The van der Waals surface area contributed by atoms with Gasteiger partial charge in [-0.1, -0.05) is 6.07 Å². The molecule has 2 aromatic heterocycles. The zero-order valence-electron chi connectivity index (χ0n) is 16.4. The van der Waals surface area contributed by atoms with E-state index in [0.717, 1.165) is 15.8 Å². The number of amides is 1. The molecule has 0 saturated carbocycles. The van der Waals surface area contributed by atoms with Crippen LogP contribution in [0.1, 0.15) is 21.3 Å². The summed E-state index contributed by atoms with van der Waals surface area (Å²) in [4.78, 5) is 20.0. The molecule has 2 fully saturated rings. The van der Waals surface area contributed by atoms with Crippen molar-refractivity contribution in [3.8, 4) is 0 Å². The van der Waals surface area contributed by atoms with Crippen molar-refractivity contribution in [2.24, 2.45) is 0 Å². The average Bonchev–Trinajstić information content (AvgIpc) is 3.13. The van der Waals surface area contributed by atoms with Gasteiger partial charge in [0.25, 0.3) is 16.1 Å². The molecule has 2 aromatic rings. The lowest BCUT2D eigenvalue weighted by atomic mass is 10.0. The van der Waals surface area contributed by atoms with Gasteiger partial charge in [-0.3, -0.25) is 4.79 Å². The molecule has 0 aromatic carbocycles. The molecule has 0 bridgehead atoms. The van der Waals surface area contributed by atoms with Crippen molar-refractivity contribution in [3.05, 3.63) is 28.8 Å². The van der Waals surface area contributed by atoms with E-state index in [4.69, 9.17) is 9.47 Å². The molecule has 0 N–H and O–H groups in total. The maximum Gasteiger partial charge on any atom is 0.282 e. The topological polar surface area (TPSA) is 92.3 Å². The van der Waals surface area contributed by atoms with Crippen LogP contribution in [-0.4, -0.2) is 92.9 Å². The third-order valence-corrected chi connectivity index (χ3v) is 8.20. The summed E-state index contributed by atoms with van der Waals surface area (Å²) in [6.07, 6.45) is 1.15. The molecule has 2 aliphatic heterocycles. The molecule has 11 heteroatoms. The Kier molecular flexibility index (Phi) is 5.87. The van der Waals surface area contributed by atoms with Crippen LogP contribution in [0.4, 0.5) is 0 Å². The van der Waals surface area contributed by atoms with E-state index in [1.165, 1.54) is 24.8 Å². The fourth-order valence-corrected chi connectivity index (χ4v) is 6.37. The number of aromatic nitrogens is 1. The van der Waals surface area contributed by atoms with E-state index in [0.29, 0.717) is 31.2 Å². The molecule has 4 rings (SSSR count). The van der Waals surface area contributed by atoms with Crippen molar-refractivity contribution >= 4 is 37.7 Å². The Morgan fingerprint density at radius 1 is 1.21 bits per heavy atom. The number of carbonyl (C=O) groups excluding carboxylic acids is 1. The molecule has 29 heavy (non-hydrogen) atoms. The zero-order chi connectivity index (χ0) is 20.6. The molecule has 0 aliphatic carbocycles. The number of rotatable bonds is 4.